The Labute approximate surface area is 89.3 Å². The summed E-state index contributed by atoms with van der Waals surface area (Å²) in [4.78, 5) is 0. The van der Waals surface area contributed by atoms with Gasteiger partial charge in [0.2, 0.25) is 0 Å². The summed E-state index contributed by atoms with van der Waals surface area (Å²) in [5.74, 6) is 0. The van der Waals surface area contributed by atoms with Gasteiger partial charge < -0.3 is 0 Å². The Balaban J connectivity index is 2.79. The number of halogens is 2. The molecule has 8 heteroatoms. The Morgan fingerprint density at radius 1 is 1.46 bits per heavy atom. The Morgan fingerprint density at radius 2 is 2.00 bits per heavy atom. The quantitative estimate of drug-likeness (QED) is 0.424. The summed E-state index contributed by atoms with van der Waals surface area (Å²) < 4.78 is 3.20. The number of aliphatic hydroxyl groups is 2. The van der Waals surface area contributed by atoms with E-state index in [2.05, 4.69) is 0 Å². The van der Waals surface area contributed by atoms with Crippen LogP contribution < -0.4 is 11.5 Å². The fourth-order valence-corrected chi connectivity index (χ4v) is 4.25. The fourth-order valence-electron chi connectivity index (χ4n) is 0.983. The normalized spacial score (nSPS) is 47.5. The average Bonchev–Trinajstić information content (AvgIpc) is 2.08. The van der Waals surface area contributed by atoms with Crippen LogP contribution in [0, 0.1) is 0 Å². The monoisotopic (exact) mass is 412 g/mol. The molecule has 0 aromatic heterocycles. The molecule has 5 nitrogen and oxygen atoms in total. The van der Waals surface area contributed by atoms with E-state index in [0.717, 1.165) is 0 Å². The van der Waals surface area contributed by atoms with E-state index in [1.54, 1.807) is 0 Å². The molecule has 6 N–H and O–H groups in total. The first-order valence-corrected chi connectivity index (χ1v) is 10.2. The molecule has 4 atom stereocenters. The number of nitrogens with two attached hydrogens (primary N) is 2. The molecular weight excluding hydrogens is 402 g/mol. The second kappa shape index (κ2) is 4.29. The minimum absolute atomic E-state index is 0.00102. The van der Waals surface area contributed by atoms with Crippen LogP contribution in [0.25, 0.3) is 0 Å². The van der Waals surface area contributed by atoms with Crippen LogP contribution in [0.1, 0.15) is 0 Å². The molecule has 0 aromatic carbocycles. The van der Waals surface area contributed by atoms with Gasteiger partial charge in [0.1, 0.15) is 0 Å². The molecule has 1 aliphatic heterocycles. The van der Waals surface area contributed by atoms with Crippen LogP contribution in [0.3, 0.4) is 0 Å². The number of hydrogen-bond acceptors (Lipinski definition) is 5. The van der Waals surface area contributed by atoms with Crippen molar-refractivity contribution >= 4 is 18.8 Å². The molecule has 83 valence electrons. The summed E-state index contributed by atoms with van der Waals surface area (Å²) in [5, 5.41) is 19.2. The Kier molecular flexibility index (Phi) is 4.00. The van der Waals surface area contributed by atoms with E-state index in [4.69, 9.17) is 35.0 Å². The molecule has 0 aliphatic carbocycles. The van der Waals surface area contributed by atoms with E-state index in [0.29, 0.717) is 0 Å². The number of hydrogen-bond donors (Lipinski definition) is 4. The van der Waals surface area contributed by atoms with Crippen LogP contribution in [-0.2, 0) is 20.0 Å². The molecular formula is C5H11Cl2N2O3Pt. The van der Waals surface area contributed by atoms with Gasteiger partial charge in [-0.25, -0.2) is 0 Å². The Hall–Kier alpha value is 1.07. The predicted molar refractivity (Wildman–Crippen MR) is 44.6 cm³/mol. The van der Waals surface area contributed by atoms with Crippen molar-refractivity contribution in [3.05, 3.63) is 0 Å². The van der Waals surface area contributed by atoms with Gasteiger partial charge in [0.15, 0.2) is 0 Å². The van der Waals surface area contributed by atoms with Gasteiger partial charge in [-0.2, -0.15) is 0 Å². The molecule has 0 bridgehead atoms. The molecule has 0 spiro atoms. The number of rotatable bonds is 1. The maximum absolute atomic E-state index is 9.75. The molecule has 0 aromatic rings. The molecule has 1 heterocycles. The molecule has 1 saturated heterocycles. The zero-order valence-electron chi connectivity index (χ0n) is 6.47. The van der Waals surface area contributed by atoms with Crippen molar-refractivity contribution in [1.29, 1.82) is 0 Å². The molecule has 13 heavy (non-hydrogen) atoms. The standard InChI is InChI=1S/C5H11N2O3.2ClH.Pt/c6-2-1-10-5(9)3(7)4(2)8;;;/h2-4,8-9H,1,6-7H2;2*1H;/q;;;+2/p-2/t2-,3-,4-;;;/m1.../s1. The second-order valence-electron chi connectivity index (χ2n) is 2.72. The van der Waals surface area contributed by atoms with Gasteiger partial charge in [-0.1, -0.05) is 0 Å². The van der Waals surface area contributed by atoms with E-state index in [1.807, 2.05) is 0 Å². The fraction of sp³-hybridized carbons (Fsp3) is 1.00. The summed E-state index contributed by atoms with van der Waals surface area (Å²) in [7, 11) is 11.2. The van der Waals surface area contributed by atoms with E-state index in [-0.39, 0.29) is 6.61 Å². The van der Waals surface area contributed by atoms with Gasteiger partial charge in [-0.15, -0.1) is 0 Å². The van der Waals surface area contributed by atoms with Crippen molar-refractivity contribution in [2.45, 2.75) is 22.4 Å². The predicted octanol–water partition coefficient (Wildman–Crippen LogP) is -1.40. The maximum atomic E-state index is 9.75. The minimum atomic E-state index is -2.73. The van der Waals surface area contributed by atoms with E-state index >= 15 is 0 Å². The molecule has 0 unspecified atom stereocenters. The van der Waals surface area contributed by atoms with Crippen LogP contribution in [-0.4, -0.2) is 39.2 Å². The topological polar surface area (TPSA) is 102 Å². The van der Waals surface area contributed by atoms with E-state index in [9.17, 15) is 10.2 Å². The number of aliphatic hydroxyl groups excluding tert-OH is 1. The molecule has 1 fully saturated rings. The summed E-state index contributed by atoms with van der Waals surface area (Å²) >= 11 is -2.73. The third-order valence-corrected chi connectivity index (χ3v) is 6.96. The van der Waals surface area contributed by atoms with Crippen molar-refractivity contribution in [2.75, 3.05) is 6.61 Å². The SMILES string of the molecule is N[C@@H]1CO[C@](O)([Pt]([Cl])[Cl])[C@H](N)[C@@H]1O. The Morgan fingerprint density at radius 3 is 2.46 bits per heavy atom. The van der Waals surface area contributed by atoms with Crippen molar-refractivity contribution in [1.82, 2.24) is 0 Å². The summed E-state index contributed by atoms with van der Waals surface area (Å²) in [5.41, 5.74) is 11.0. The van der Waals surface area contributed by atoms with Crippen LogP contribution in [0.15, 0.2) is 0 Å². The summed E-state index contributed by atoms with van der Waals surface area (Å²) in [6.45, 7) is -0.00102. The second-order valence-corrected chi connectivity index (χ2v) is 10.4. The van der Waals surface area contributed by atoms with Crippen LogP contribution in [0.4, 0.5) is 0 Å². The zero-order valence-corrected chi connectivity index (χ0v) is 10.3. The Bertz CT molecular complexity index is 199. The van der Waals surface area contributed by atoms with Gasteiger partial charge in [0.25, 0.3) is 0 Å². The van der Waals surface area contributed by atoms with Gasteiger partial charge in [-0.3, -0.25) is 0 Å². The third kappa shape index (κ3) is 2.19. The van der Waals surface area contributed by atoms with Gasteiger partial charge in [0, 0.05) is 0 Å². The molecule has 1 aliphatic rings. The molecule has 0 amide bonds. The molecule has 0 saturated carbocycles. The van der Waals surface area contributed by atoms with Crippen LogP contribution >= 0.6 is 18.8 Å². The van der Waals surface area contributed by atoms with Crippen molar-refractivity contribution in [3.8, 4) is 0 Å². The molecule has 1 rings (SSSR count). The van der Waals surface area contributed by atoms with Crippen molar-refractivity contribution < 1.29 is 30.2 Å². The van der Waals surface area contributed by atoms with Crippen LogP contribution in [0.2, 0.25) is 0 Å². The summed E-state index contributed by atoms with van der Waals surface area (Å²) in [6, 6.07) is -1.66. The van der Waals surface area contributed by atoms with Gasteiger partial charge in [0.05, 0.1) is 0 Å². The van der Waals surface area contributed by atoms with Crippen molar-refractivity contribution in [2.24, 2.45) is 11.5 Å². The first-order chi connectivity index (χ1) is 5.89. The first kappa shape index (κ1) is 12.1. The van der Waals surface area contributed by atoms with Crippen molar-refractivity contribution in [3.63, 3.8) is 0 Å². The van der Waals surface area contributed by atoms with Gasteiger partial charge in [-0.05, 0) is 0 Å². The average molecular weight is 413 g/mol. The first-order valence-electron chi connectivity index (χ1n) is 3.40. The summed E-state index contributed by atoms with van der Waals surface area (Å²) in [6.07, 6.45) is -1.05. The number of ether oxygens (including phenoxy) is 1. The van der Waals surface area contributed by atoms with E-state index < -0.39 is 37.6 Å². The zero-order chi connectivity index (χ0) is 10.2. The van der Waals surface area contributed by atoms with Gasteiger partial charge >= 0.3 is 89.5 Å². The third-order valence-electron chi connectivity index (χ3n) is 1.84. The van der Waals surface area contributed by atoms with Crippen LogP contribution in [0.5, 0.6) is 0 Å². The molecule has 0 radical (unpaired) electrons. The van der Waals surface area contributed by atoms with E-state index in [1.165, 1.54) is 0 Å².